The number of ether oxygens (including phenoxy) is 3. The molecule has 0 saturated heterocycles. The van der Waals surface area contributed by atoms with E-state index in [1.54, 1.807) is 45.9 Å². The summed E-state index contributed by atoms with van der Waals surface area (Å²) in [5.41, 5.74) is 2.28. The Morgan fingerprint density at radius 1 is 1.15 bits per heavy atom. The van der Waals surface area contributed by atoms with Crippen molar-refractivity contribution >= 4 is 40.4 Å². The molecule has 0 bridgehead atoms. The lowest BCUT2D eigenvalue weighted by Crippen LogP contribution is -2.34. The van der Waals surface area contributed by atoms with Crippen molar-refractivity contribution in [3.63, 3.8) is 0 Å². The van der Waals surface area contributed by atoms with Gasteiger partial charge in [-0.15, -0.1) is 22.7 Å². The van der Waals surface area contributed by atoms with E-state index in [4.69, 9.17) is 19.3 Å². The summed E-state index contributed by atoms with van der Waals surface area (Å²) < 4.78 is 16.6. The largest absolute Gasteiger partial charge is 0.484 e. The monoisotopic (exact) mass is 478 g/mol. The van der Waals surface area contributed by atoms with Crippen molar-refractivity contribution in [1.29, 1.82) is 0 Å². The smallest absolute Gasteiger partial charge is 0.281 e. The summed E-state index contributed by atoms with van der Waals surface area (Å²) in [6, 6.07) is 13.6. The summed E-state index contributed by atoms with van der Waals surface area (Å²) in [4.78, 5) is 15.7. The van der Waals surface area contributed by atoms with E-state index < -0.39 is 0 Å². The van der Waals surface area contributed by atoms with Crippen molar-refractivity contribution in [2.75, 3.05) is 13.4 Å². The topological polar surface area (TPSA) is 60.4 Å². The molecule has 0 N–H and O–H groups in total. The second-order valence-corrected chi connectivity index (χ2v) is 10.1. The van der Waals surface area contributed by atoms with E-state index in [0.29, 0.717) is 17.2 Å². The number of allylic oxidation sites excluding steroid dienone is 1. The highest BCUT2D eigenvalue weighted by atomic mass is 32.1. The highest BCUT2D eigenvalue weighted by Gasteiger charge is 2.44. The fraction of sp³-hybridized carbons (Fsp3) is 0.280. The van der Waals surface area contributed by atoms with Crippen LogP contribution < -0.4 is 14.2 Å². The number of amides is 1. The number of carbonyl (C=O) groups is 1. The van der Waals surface area contributed by atoms with Crippen LogP contribution in [0.2, 0.25) is 0 Å². The molecule has 4 heterocycles. The van der Waals surface area contributed by atoms with Crippen LogP contribution in [0, 0.1) is 5.92 Å². The summed E-state index contributed by atoms with van der Waals surface area (Å²) in [6.45, 7) is 0.114. The molecule has 6 nitrogen and oxygen atoms in total. The van der Waals surface area contributed by atoms with Gasteiger partial charge >= 0.3 is 0 Å². The number of rotatable bonds is 5. The van der Waals surface area contributed by atoms with Gasteiger partial charge < -0.3 is 14.2 Å². The molecule has 0 spiro atoms. The van der Waals surface area contributed by atoms with Crippen molar-refractivity contribution < 1.29 is 19.0 Å². The van der Waals surface area contributed by atoms with Gasteiger partial charge in [-0.1, -0.05) is 12.1 Å². The number of nitrogens with zero attached hydrogens (tertiary/aromatic N) is 2. The molecule has 8 heteroatoms. The van der Waals surface area contributed by atoms with Crippen LogP contribution in [0.25, 0.3) is 6.08 Å². The van der Waals surface area contributed by atoms with Gasteiger partial charge in [0.25, 0.3) is 5.91 Å². The van der Waals surface area contributed by atoms with Gasteiger partial charge in [-0.2, -0.15) is 5.10 Å². The molecule has 1 fully saturated rings. The zero-order valence-electron chi connectivity index (χ0n) is 17.8. The molecule has 3 aromatic rings. The zero-order valence-corrected chi connectivity index (χ0v) is 19.4. The van der Waals surface area contributed by atoms with Crippen LogP contribution in [0.4, 0.5) is 0 Å². The molecule has 33 heavy (non-hydrogen) atoms. The van der Waals surface area contributed by atoms with E-state index in [2.05, 4.69) is 35.0 Å². The quantitative estimate of drug-likeness (QED) is 0.469. The summed E-state index contributed by atoms with van der Waals surface area (Å²) in [5.74, 6) is 1.95. The molecule has 1 aromatic carbocycles. The Bertz CT molecular complexity index is 1220. The Labute approximate surface area is 199 Å². The number of hydrogen-bond donors (Lipinski definition) is 0. The first kappa shape index (κ1) is 20.5. The molecule has 2 aromatic heterocycles. The van der Waals surface area contributed by atoms with Crippen LogP contribution in [-0.2, 0) is 4.79 Å². The fourth-order valence-corrected chi connectivity index (χ4v) is 6.22. The molecule has 6 rings (SSSR count). The van der Waals surface area contributed by atoms with Crippen molar-refractivity contribution in [3.05, 3.63) is 68.6 Å². The molecule has 3 aliphatic rings. The van der Waals surface area contributed by atoms with E-state index in [1.807, 2.05) is 6.07 Å². The van der Waals surface area contributed by atoms with Crippen molar-refractivity contribution in [3.8, 4) is 17.2 Å². The normalized spacial score (nSPS) is 22.4. The van der Waals surface area contributed by atoms with Crippen LogP contribution in [0.1, 0.15) is 35.1 Å². The summed E-state index contributed by atoms with van der Waals surface area (Å²) in [7, 11) is 0. The first-order chi connectivity index (χ1) is 16.3. The van der Waals surface area contributed by atoms with Gasteiger partial charge in [0.1, 0.15) is 5.75 Å². The van der Waals surface area contributed by atoms with Crippen molar-refractivity contribution in [2.45, 2.75) is 25.3 Å². The fourth-order valence-electron chi connectivity index (χ4n) is 4.67. The van der Waals surface area contributed by atoms with Crippen LogP contribution in [0.3, 0.4) is 0 Å². The van der Waals surface area contributed by atoms with E-state index in [9.17, 15) is 4.79 Å². The Morgan fingerprint density at radius 3 is 2.88 bits per heavy atom. The number of carbonyl (C=O) groups excluding carboxylic acids is 1. The van der Waals surface area contributed by atoms with Crippen molar-refractivity contribution in [2.24, 2.45) is 11.0 Å². The zero-order chi connectivity index (χ0) is 22.2. The molecule has 1 saturated carbocycles. The minimum absolute atomic E-state index is 0.0834. The van der Waals surface area contributed by atoms with E-state index in [-0.39, 0.29) is 31.3 Å². The Hall–Kier alpha value is -3.10. The maximum absolute atomic E-state index is 13.4. The average Bonchev–Trinajstić information content (AvgIpc) is 3.63. The lowest BCUT2D eigenvalue weighted by molar-refractivity contribution is -0.135. The molecule has 0 radical (unpaired) electrons. The number of hydrazone groups is 1. The number of thiophene rings is 2. The van der Waals surface area contributed by atoms with Crippen LogP contribution in [0.5, 0.6) is 17.2 Å². The maximum Gasteiger partial charge on any atom is 0.281 e. The van der Waals surface area contributed by atoms with Crippen LogP contribution in [-0.4, -0.2) is 30.0 Å². The molecule has 1 aliphatic carbocycles. The number of fused-ring (bicyclic) bond motifs is 2. The first-order valence-corrected chi connectivity index (χ1v) is 12.7. The standard InChI is InChI=1S/C25H22N2O4S2/c28-23(14-29-17-8-9-20-21(13-17)31-15-30-20)27-25(22-7-3-11-33-22)19-6-1-4-16(24(19)26-27)12-18-5-2-10-32-18/h2-3,5,7-13,19,25H,1,4,6,14-15H2. The van der Waals surface area contributed by atoms with Gasteiger partial charge in [0.2, 0.25) is 6.79 Å². The second kappa shape index (κ2) is 8.68. The molecule has 2 aliphatic heterocycles. The predicted octanol–water partition coefficient (Wildman–Crippen LogP) is 5.74. The molecule has 168 valence electrons. The van der Waals surface area contributed by atoms with E-state index >= 15 is 0 Å². The molecule has 2 atom stereocenters. The highest BCUT2D eigenvalue weighted by Crippen LogP contribution is 2.45. The first-order valence-electron chi connectivity index (χ1n) is 11.0. The third-order valence-corrected chi connectivity index (χ3v) is 7.92. The maximum atomic E-state index is 13.4. The van der Waals surface area contributed by atoms with Crippen LogP contribution >= 0.6 is 22.7 Å². The van der Waals surface area contributed by atoms with E-state index in [0.717, 1.165) is 29.9 Å². The van der Waals surface area contributed by atoms with Crippen LogP contribution in [0.15, 0.2) is 63.9 Å². The molecule has 2 unspecified atom stereocenters. The molecular weight excluding hydrogens is 456 g/mol. The van der Waals surface area contributed by atoms with Gasteiger partial charge in [0.05, 0.1) is 11.8 Å². The van der Waals surface area contributed by atoms with E-state index in [1.165, 1.54) is 10.5 Å². The third-order valence-electron chi connectivity index (χ3n) is 6.16. The minimum atomic E-state index is -0.150. The Balaban J connectivity index is 1.27. The summed E-state index contributed by atoms with van der Waals surface area (Å²) >= 11 is 3.40. The second-order valence-electron chi connectivity index (χ2n) is 8.17. The average molecular weight is 479 g/mol. The SMILES string of the molecule is O=C(COc1ccc2c(c1)OCO2)N1N=C2C(=Cc3cccs3)CCCC2C1c1cccs1. The lowest BCUT2D eigenvalue weighted by atomic mass is 9.79. The third kappa shape index (κ3) is 3.94. The summed E-state index contributed by atoms with van der Waals surface area (Å²) in [6.07, 6.45) is 5.34. The van der Waals surface area contributed by atoms with Gasteiger partial charge in [-0.05, 0) is 65.9 Å². The minimum Gasteiger partial charge on any atom is -0.484 e. The number of benzene rings is 1. The van der Waals surface area contributed by atoms with Gasteiger partial charge in [0, 0.05) is 21.7 Å². The van der Waals surface area contributed by atoms with Gasteiger partial charge in [0.15, 0.2) is 18.1 Å². The molecule has 1 amide bonds. The van der Waals surface area contributed by atoms with Gasteiger partial charge in [-0.3, -0.25) is 4.79 Å². The van der Waals surface area contributed by atoms with Crippen molar-refractivity contribution in [1.82, 2.24) is 5.01 Å². The van der Waals surface area contributed by atoms with Gasteiger partial charge in [-0.25, -0.2) is 5.01 Å². The Kier molecular flexibility index (Phi) is 5.39. The highest BCUT2D eigenvalue weighted by molar-refractivity contribution is 7.11. The molecular formula is C25H22N2O4S2. The summed E-state index contributed by atoms with van der Waals surface area (Å²) in [5, 5.41) is 10.7. The predicted molar refractivity (Wildman–Crippen MR) is 129 cm³/mol. The lowest BCUT2D eigenvalue weighted by Gasteiger charge is -2.28. The number of hydrogen-bond acceptors (Lipinski definition) is 7. The Morgan fingerprint density at radius 2 is 2.03 bits per heavy atom.